The average Bonchev–Trinajstić information content (AvgIpc) is 2.74. The largest absolute Gasteiger partial charge is 0.393 e. The maximum atomic E-state index is 12.5. The molecule has 0 rings (SSSR count). The SMILES string of the molecule is CCCCOC(NC(=O)CC(O)CCCCN=C(N)N)C(=O)NCCCCNCCCN. The summed E-state index contributed by atoms with van der Waals surface area (Å²) in [6.07, 6.45) is 4.26. The number of aliphatic hydroxyl groups is 1. The Balaban J connectivity index is 4.26. The molecule has 0 spiro atoms. The van der Waals surface area contributed by atoms with Gasteiger partial charge in [-0.15, -0.1) is 0 Å². The molecule has 2 atom stereocenters. The zero-order chi connectivity index (χ0) is 24.0. The number of nitrogens with zero attached hydrogens (tertiary/aromatic N) is 1. The lowest BCUT2D eigenvalue weighted by Gasteiger charge is -2.20. The Kier molecular flexibility index (Phi) is 19.7. The van der Waals surface area contributed by atoms with Crippen molar-refractivity contribution in [2.24, 2.45) is 22.2 Å². The molecule has 11 nitrogen and oxygen atoms in total. The van der Waals surface area contributed by atoms with E-state index in [-0.39, 0.29) is 18.3 Å². The van der Waals surface area contributed by atoms with Gasteiger partial charge in [0, 0.05) is 19.7 Å². The molecule has 0 aromatic rings. The number of aliphatic imine (C=N–C) groups is 1. The number of amides is 2. The molecule has 0 aliphatic rings. The second-order valence-corrected chi connectivity index (χ2v) is 7.72. The number of aliphatic hydroxyl groups excluding tert-OH is 1. The van der Waals surface area contributed by atoms with E-state index >= 15 is 0 Å². The molecule has 0 aliphatic heterocycles. The van der Waals surface area contributed by atoms with Crippen LogP contribution >= 0.6 is 0 Å². The van der Waals surface area contributed by atoms with Gasteiger partial charge in [0.1, 0.15) is 0 Å². The number of nitrogens with one attached hydrogen (secondary N) is 3. The zero-order valence-corrected chi connectivity index (χ0v) is 19.6. The Morgan fingerprint density at radius 2 is 1.75 bits per heavy atom. The van der Waals surface area contributed by atoms with Crippen molar-refractivity contribution in [2.75, 3.05) is 39.3 Å². The first-order chi connectivity index (χ1) is 15.4. The van der Waals surface area contributed by atoms with Crippen LogP contribution in [0, 0.1) is 0 Å². The summed E-state index contributed by atoms with van der Waals surface area (Å²) >= 11 is 0. The molecule has 0 fully saturated rings. The molecule has 0 bridgehead atoms. The smallest absolute Gasteiger partial charge is 0.270 e. The van der Waals surface area contributed by atoms with Crippen LogP contribution in [0.2, 0.25) is 0 Å². The Bertz CT molecular complexity index is 516. The molecular weight excluding hydrogens is 414 g/mol. The van der Waals surface area contributed by atoms with Crippen molar-refractivity contribution in [3.8, 4) is 0 Å². The highest BCUT2D eigenvalue weighted by Gasteiger charge is 2.22. The van der Waals surface area contributed by atoms with E-state index < -0.39 is 18.2 Å². The first kappa shape index (κ1) is 30.0. The molecule has 0 aromatic carbocycles. The van der Waals surface area contributed by atoms with Gasteiger partial charge in [-0.05, 0) is 64.6 Å². The predicted molar refractivity (Wildman–Crippen MR) is 127 cm³/mol. The van der Waals surface area contributed by atoms with E-state index in [1.807, 2.05) is 6.92 Å². The standard InChI is InChI=1S/C21H45N7O4/c1-2-3-15-32-20(19(31)26-13-7-6-11-25-12-8-10-22)28-18(30)16-17(29)9-4-5-14-27-21(23)24/h17,20,25,29H,2-16,22H2,1H3,(H,26,31)(H,28,30)(H4,23,24,27). The van der Waals surface area contributed by atoms with Crippen molar-refractivity contribution in [3.05, 3.63) is 0 Å². The summed E-state index contributed by atoms with van der Waals surface area (Å²) in [5, 5.41) is 18.8. The van der Waals surface area contributed by atoms with Gasteiger partial charge in [0.15, 0.2) is 5.96 Å². The molecule has 0 aromatic heterocycles. The number of carbonyl (C=O) groups is 2. The van der Waals surface area contributed by atoms with E-state index in [4.69, 9.17) is 21.9 Å². The minimum Gasteiger partial charge on any atom is -0.393 e. The van der Waals surface area contributed by atoms with Crippen LogP contribution in [0.3, 0.4) is 0 Å². The molecule has 2 amide bonds. The number of unbranched alkanes of at least 4 members (excludes halogenated alkanes) is 3. The van der Waals surface area contributed by atoms with E-state index in [0.29, 0.717) is 45.5 Å². The van der Waals surface area contributed by atoms with Gasteiger partial charge in [-0.1, -0.05) is 13.3 Å². The Labute approximate surface area is 192 Å². The van der Waals surface area contributed by atoms with E-state index in [9.17, 15) is 14.7 Å². The van der Waals surface area contributed by atoms with Crippen LogP contribution in [0.25, 0.3) is 0 Å². The van der Waals surface area contributed by atoms with Crippen LogP contribution in [0.5, 0.6) is 0 Å². The first-order valence-corrected chi connectivity index (χ1v) is 11.7. The summed E-state index contributed by atoms with van der Waals surface area (Å²) in [6, 6.07) is 0. The lowest BCUT2D eigenvalue weighted by Crippen LogP contribution is -2.49. The average molecular weight is 460 g/mol. The van der Waals surface area contributed by atoms with E-state index in [1.54, 1.807) is 0 Å². The second kappa shape index (κ2) is 20.9. The van der Waals surface area contributed by atoms with Crippen molar-refractivity contribution in [2.45, 2.75) is 77.0 Å². The fourth-order valence-corrected chi connectivity index (χ4v) is 2.78. The molecule has 188 valence electrons. The highest BCUT2D eigenvalue weighted by Crippen LogP contribution is 2.05. The van der Waals surface area contributed by atoms with E-state index in [2.05, 4.69) is 20.9 Å². The van der Waals surface area contributed by atoms with Crippen molar-refractivity contribution < 1.29 is 19.4 Å². The Morgan fingerprint density at radius 1 is 1.03 bits per heavy atom. The van der Waals surface area contributed by atoms with Gasteiger partial charge in [0.05, 0.1) is 12.5 Å². The Morgan fingerprint density at radius 3 is 2.44 bits per heavy atom. The van der Waals surface area contributed by atoms with Crippen molar-refractivity contribution >= 4 is 17.8 Å². The number of hydrogen-bond acceptors (Lipinski definition) is 7. The van der Waals surface area contributed by atoms with Crippen molar-refractivity contribution in [1.82, 2.24) is 16.0 Å². The van der Waals surface area contributed by atoms with Crippen molar-refractivity contribution in [1.29, 1.82) is 0 Å². The van der Waals surface area contributed by atoms with Gasteiger partial charge >= 0.3 is 0 Å². The van der Waals surface area contributed by atoms with Gasteiger partial charge in [-0.2, -0.15) is 0 Å². The summed E-state index contributed by atoms with van der Waals surface area (Å²) in [6.45, 7) is 5.80. The third-order valence-corrected chi connectivity index (χ3v) is 4.61. The third kappa shape index (κ3) is 18.8. The molecule has 0 saturated heterocycles. The number of ether oxygens (including phenoxy) is 1. The highest BCUT2D eigenvalue weighted by molar-refractivity contribution is 5.86. The zero-order valence-electron chi connectivity index (χ0n) is 19.6. The molecular formula is C21H45N7O4. The molecule has 0 aliphatic carbocycles. The van der Waals surface area contributed by atoms with E-state index in [1.165, 1.54) is 0 Å². The molecule has 10 N–H and O–H groups in total. The maximum Gasteiger partial charge on any atom is 0.270 e. The summed E-state index contributed by atoms with van der Waals surface area (Å²) in [5.74, 6) is -0.767. The number of carbonyl (C=O) groups excluding carboxylic acids is 2. The molecule has 0 radical (unpaired) electrons. The lowest BCUT2D eigenvalue weighted by atomic mass is 10.1. The van der Waals surface area contributed by atoms with Crippen LogP contribution in [0.15, 0.2) is 4.99 Å². The van der Waals surface area contributed by atoms with Gasteiger partial charge in [-0.25, -0.2) is 0 Å². The molecule has 0 saturated carbocycles. The normalized spacial score (nSPS) is 12.7. The third-order valence-electron chi connectivity index (χ3n) is 4.61. The number of nitrogens with two attached hydrogens (primary N) is 3. The van der Waals surface area contributed by atoms with Crippen LogP contribution in [0.4, 0.5) is 0 Å². The summed E-state index contributed by atoms with van der Waals surface area (Å²) < 4.78 is 5.57. The monoisotopic (exact) mass is 459 g/mol. The van der Waals surface area contributed by atoms with Crippen LogP contribution in [0.1, 0.15) is 64.7 Å². The van der Waals surface area contributed by atoms with E-state index in [0.717, 1.165) is 45.2 Å². The van der Waals surface area contributed by atoms with Crippen LogP contribution in [-0.2, 0) is 14.3 Å². The minimum atomic E-state index is -1.06. The highest BCUT2D eigenvalue weighted by atomic mass is 16.5. The molecule has 32 heavy (non-hydrogen) atoms. The van der Waals surface area contributed by atoms with Gasteiger partial charge in [0.2, 0.25) is 12.1 Å². The Hall–Kier alpha value is -1.95. The molecule has 11 heteroatoms. The summed E-state index contributed by atoms with van der Waals surface area (Å²) in [4.78, 5) is 28.6. The van der Waals surface area contributed by atoms with Gasteiger partial charge in [0.25, 0.3) is 5.91 Å². The van der Waals surface area contributed by atoms with Gasteiger partial charge in [-0.3, -0.25) is 14.6 Å². The quantitative estimate of drug-likeness (QED) is 0.0506. The fraction of sp³-hybridized carbons (Fsp3) is 0.857. The number of hydrogen-bond donors (Lipinski definition) is 7. The lowest BCUT2D eigenvalue weighted by molar-refractivity contribution is -0.141. The first-order valence-electron chi connectivity index (χ1n) is 11.7. The summed E-state index contributed by atoms with van der Waals surface area (Å²) in [5.41, 5.74) is 16.0. The number of rotatable bonds is 21. The van der Waals surface area contributed by atoms with Gasteiger partial charge < -0.3 is 43.0 Å². The maximum absolute atomic E-state index is 12.5. The summed E-state index contributed by atoms with van der Waals surface area (Å²) in [7, 11) is 0. The van der Waals surface area contributed by atoms with Crippen LogP contribution in [-0.4, -0.2) is 74.5 Å². The topological polar surface area (TPSA) is 190 Å². The number of guanidine groups is 1. The molecule has 2 unspecified atom stereocenters. The fourth-order valence-electron chi connectivity index (χ4n) is 2.78. The second-order valence-electron chi connectivity index (χ2n) is 7.72. The molecule has 0 heterocycles. The van der Waals surface area contributed by atoms with Crippen LogP contribution < -0.4 is 33.2 Å². The van der Waals surface area contributed by atoms with Crippen molar-refractivity contribution in [3.63, 3.8) is 0 Å². The minimum absolute atomic E-state index is 0.0384. The predicted octanol–water partition coefficient (Wildman–Crippen LogP) is -0.725.